The maximum absolute atomic E-state index is 12.4. The van der Waals surface area contributed by atoms with E-state index < -0.39 is 18.5 Å². The number of para-hydroxylation sites is 1. The van der Waals surface area contributed by atoms with Crippen LogP contribution in [0.1, 0.15) is 42.2 Å². The highest BCUT2D eigenvalue weighted by Gasteiger charge is 2.22. The molecule has 2 N–H and O–H groups in total. The molecule has 7 nitrogen and oxygen atoms in total. The molecule has 7 heteroatoms. The highest BCUT2D eigenvalue weighted by Crippen LogP contribution is 2.34. The average Bonchev–Trinajstić information content (AvgIpc) is 2.95. The summed E-state index contributed by atoms with van der Waals surface area (Å²) >= 11 is 0. The monoisotopic (exact) mass is 399 g/mol. The number of carbonyl (C=O) groups is 2. The van der Waals surface area contributed by atoms with Crippen LogP contribution < -0.4 is 14.8 Å². The minimum absolute atomic E-state index is 0.0172. The van der Waals surface area contributed by atoms with Crippen LogP contribution in [0.5, 0.6) is 17.2 Å². The topological polar surface area (TPSA) is 94.1 Å². The van der Waals surface area contributed by atoms with Crippen molar-refractivity contribution in [1.29, 1.82) is 0 Å². The Bertz CT molecular complexity index is 879. The minimum atomic E-state index is -0.755. The predicted molar refractivity (Wildman–Crippen MR) is 106 cm³/mol. The zero-order valence-electron chi connectivity index (χ0n) is 16.5. The van der Waals surface area contributed by atoms with Gasteiger partial charge in [0.1, 0.15) is 11.3 Å². The van der Waals surface area contributed by atoms with Crippen molar-refractivity contribution in [2.45, 2.75) is 26.3 Å². The average molecular weight is 399 g/mol. The van der Waals surface area contributed by atoms with Crippen LogP contribution in [0.2, 0.25) is 0 Å². The summed E-state index contributed by atoms with van der Waals surface area (Å²) in [5, 5.41) is 12.6. The fraction of sp³-hybridized carbons (Fsp3) is 0.364. The van der Waals surface area contributed by atoms with E-state index in [1.54, 1.807) is 12.1 Å². The van der Waals surface area contributed by atoms with Crippen LogP contribution >= 0.6 is 0 Å². The van der Waals surface area contributed by atoms with E-state index in [2.05, 4.69) is 5.32 Å². The van der Waals surface area contributed by atoms with E-state index in [0.29, 0.717) is 24.7 Å². The number of esters is 1. The van der Waals surface area contributed by atoms with Gasteiger partial charge in [0.2, 0.25) is 0 Å². The van der Waals surface area contributed by atoms with Gasteiger partial charge in [0.05, 0.1) is 19.3 Å². The first kappa shape index (κ1) is 20.5. The van der Waals surface area contributed by atoms with E-state index in [0.717, 1.165) is 12.0 Å². The lowest BCUT2D eigenvalue weighted by Gasteiger charge is -2.24. The Kier molecular flexibility index (Phi) is 6.59. The third-order valence-electron chi connectivity index (χ3n) is 4.57. The molecule has 2 aromatic carbocycles. The van der Waals surface area contributed by atoms with Crippen LogP contribution in [0.25, 0.3) is 0 Å². The van der Waals surface area contributed by atoms with Gasteiger partial charge in [-0.3, -0.25) is 4.79 Å². The van der Waals surface area contributed by atoms with Gasteiger partial charge in [-0.25, -0.2) is 4.79 Å². The lowest BCUT2D eigenvalue weighted by molar-refractivity contribution is -0.125. The second kappa shape index (κ2) is 9.32. The summed E-state index contributed by atoms with van der Waals surface area (Å²) in [5.74, 6) is 0.0693. The Morgan fingerprint density at radius 1 is 1.10 bits per heavy atom. The molecule has 0 spiro atoms. The first-order valence-corrected chi connectivity index (χ1v) is 9.59. The van der Waals surface area contributed by atoms with Gasteiger partial charge < -0.3 is 24.6 Å². The van der Waals surface area contributed by atoms with Crippen LogP contribution in [-0.2, 0) is 9.53 Å². The molecule has 3 rings (SSSR count). The van der Waals surface area contributed by atoms with Crippen molar-refractivity contribution >= 4 is 11.9 Å². The number of benzene rings is 2. The molecule has 154 valence electrons. The number of fused-ring (bicyclic) bond motifs is 1. The van der Waals surface area contributed by atoms with Crippen molar-refractivity contribution in [2.24, 2.45) is 5.92 Å². The highest BCUT2D eigenvalue weighted by molar-refractivity contribution is 5.93. The Morgan fingerprint density at radius 2 is 1.83 bits per heavy atom. The summed E-state index contributed by atoms with van der Waals surface area (Å²) in [5.41, 5.74) is 0.897. The quantitative estimate of drug-likeness (QED) is 0.725. The van der Waals surface area contributed by atoms with E-state index >= 15 is 0 Å². The molecule has 1 amide bonds. The maximum atomic E-state index is 12.4. The third-order valence-corrected chi connectivity index (χ3v) is 4.57. The van der Waals surface area contributed by atoms with Gasteiger partial charge in [0.15, 0.2) is 18.1 Å². The summed E-state index contributed by atoms with van der Waals surface area (Å²) < 4.78 is 16.4. The Hall–Kier alpha value is -3.22. The van der Waals surface area contributed by atoms with Crippen LogP contribution in [0.15, 0.2) is 42.5 Å². The van der Waals surface area contributed by atoms with Gasteiger partial charge in [0, 0.05) is 6.42 Å². The lowest BCUT2D eigenvalue weighted by Crippen LogP contribution is -2.35. The molecule has 0 aromatic heterocycles. The van der Waals surface area contributed by atoms with E-state index in [4.69, 9.17) is 14.2 Å². The Morgan fingerprint density at radius 3 is 2.55 bits per heavy atom. The Balaban J connectivity index is 1.64. The maximum Gasteiger partial charge on any atom is 0.342 e. The number of ether oxygens (including phenoxy) is 3. The van der Waals surface area contributed by atoms with Gasteiger partial charge in [-0.2, -0.15) is 0 Å². The molecule has 1 heterocycles. The van der Waals surface area contributed by atoms with Crippen LogP contribution in [0.3, 0.4) is 0 Å². The molecule has 29 heavy (non-hydrogen) atoms. The zero-order chi connectivity index (χ0) is 20.8. The fourth-order valence-corrected chi connectivity index (χ4v) is 3.08. The summed E-state index contributed by atoms with van der Waals surface area (Å²) in [6.45, 7) is 4.72. The molecule has 0 radical (unpaired) electrons. The number of amides is 1. The molecular weight excluding hydrogens is 374 g/mol. The number of phenols is 1. The highest BCUT2D eigenvalue weighted by atomic mass is 16.5. The summed E-state index contributed by atoms with van der Waals surface area (Å²) in [4.78, 5) is 24.4. The molecule has 1 atom stereocenters. The fourth-order valence-electron chi connectivity index (χ4n) is 3.08. The number of rotatable bonds is 6. The normalized spacial score (nSPS) is 14.0. The standard InChI is InChI=1S/C22H25NO6/c1-14(2)21(15-8-9-18-19(12-15)28-11-5-10-27-18)23-20(25)13-29-22(26)16-6-3-4-7-17(16)24/h3-4,6-9,12,14,21,24H,5,10-11,13H2,1-2H3,(H,23,25)/t21-/m0/s1. The van der Waals surface area contributed by atoms with E-state index in [9.17, 15) is 14.7 Å². The van der Waals surface area contributed by atoms with Gasteiger partial charge in [-0.05, 0) is 35.7 Å². The largest absolute Gasteiger partial charge is 0.507 e. The van der Waals surface area contributed by atoms with Crippen molar-refractivity contribution in [3.05, 3.63) is 53.6 Å². The van der Waals surface area contributed by atoms with Crippen LogP contribution in [-0.4, -0.2) is 36.8 Å². The van der Waals surface area contributed by atoms with E-state index in [1.807, 2.05) is 32.0 Å². The van der Waals surface area contributed by atoms with Gasteiger partial charge >= 0.3 is 5.97 Å². The number of carbonyl (C=O) groups excluding carboxylic acids is 2. The van der Waals surface area contributed by atoms with Crippen molar-refractivity contribution in [3.63, 3.8) is 0 Å². The zero-order valence-corrected chi connectivity index (χ0v) is 16.5. The number of nitrogens with one attached hydrogen (secondary N) is 1. The third kappa shape index (κ3) is 5.19. The lowest BCUT2D eigenvalue weighted by atomic mass is 9.95. The molecular formula is C22H25NO6. The first-order chi connectivity index (χ1) is 14.0. The molecule has 0 aliphatic carbocycles. The van der Waals surface area contributed by atoms with Crippen molar-refractivity contribution in [1.82, 2.24) is 5.32 Å². The second-order valence-electron chi connectivity index (χ2n) is 7.14. The van der Waals surface area contributed by atoms with Crippen molar-refractivity contribution in [3.8, 4) is 17.2 Å². The SMILES string of the molecule is CC(C)[C@H](NC(=O)COC(=O)c1ccccc1O)c1ccc2c(c1)OCCCO2. The number of aromatic hydroxyl groups is 1. The van der Waals surface area contributed by atoms with Crippen LogP contribution in [0, 0.1) is 5.92 Å². The summed E-state index contributed by atoms with van der Waals surface area (Å²) in [6, 6.07) is 11.3. The molecule has 0 fully saturated rings. The Labute approximate surface area is 169 Å². The second-order valence-corrected chi connectivity index (χ2v) is 7.14. The predicted octanol–water partition coefficient (Wildman–Crippen LogP) is 3.22. The van der Waals surface area contributed by atoms with Gasteiger partial charge in [-0.1, -0.05) is 32.0 Å². The van der Waals surface area contributed by atoms with E-state index in [-0.39, 0.29) is 23.3 Å². The van der Waals surface area contributed by atoms with E-state index in [1.165, 1.54) is 12.1 Å². The number of phenolic OH excluding ortho intramolecular Hbond substituents is 1. The molecule has 0 saturated carbocycles. The summed E-state index contributed by atoms with van der Waals surface area (Å²) in [7, 11) is 0. The van der Waals surface area contributed by atoms with Crippen molar-refractivity contribution in [2.75, 3.05) is 19.8 Å². The molecule has 0 bridgehead atoms. The first-order valence-electron chi connectivity index (χ1n) is 9.59. The number of hydrogen-bond acceptors (Lipinski definition) is 6. The molecule has 0 unspecified atom stereocenters. The van der Waals surface area contributed by atoms with Gasteiger partial charge in [-0.15, -0.1) is 0 Å². The van der Waals surface area contributed by atoms with Crippen molar-refractivity contribution < 1.29 is 28.9 Å². The molecule has 1 aliphatic rings. The molecule has 0 saturated heterocycles. The van der Waals surface area contributed by atoms with Crippen LogP contribution in [0.4, 0.5) is 0 Å². The number of hydrogen-bond donors (Lipinski definition) is 2. The molecule has 2 aromatic rings. The molecule has 1 aliphatic heterocycles. The van der Waals surface area contributed by atoms with Gasteiger partial charge in [0.25, 0.3) is 5.91 Å². The minimum Gasteiger partial charge on any atom is -0.507 e. The smallest absolute Gasteiger partial charge is 0.342 e. The summed E-state index contributed by atoms with van der Waals surface area (Å²) in [6.07, 6.45) is 0.816.